The molecular formula is C11H13NO3S. The first-order chi connectivity index (χ1) is 7.49. The van der Waals surface area contributed by atoms with Gasteiger partial charge in [-0.05, 0) is 32.1 Å². The number of amides is 1. The summed E-state index contributed by atoms with van der Waals surface area (Å²) >= 11 is 1.57. The van der Waals surface area contributed by atoms with Crippen LogP contribution in [0.25, 0.3) is 6.08 Å². The molecule has 4 nitrogen and oxygen atoms in total. The fraction of sp³-hybridized carbons (Fsp3) is 0.273. The maximum atomic E-state index is 11.3. The second-order valence-corrected chi connectivity index (χ2v) is 4.67. The quantitative estimate of drug-likeness (QED) is 0.785. The van der Waals surface area contributed by atoms with Crippen molar-refractivity contribution in [1.82, 2.24) is 5.32 Å². The van der Waals surface area contributed by atoms with E-state index in [4.69, 9.17) is 5.11 Å². The molecule has 1 amide bonds. The average molecular weight is 239 g/mol. The highest BCUT2D eigenvalue weighted by molar-refractivity contribution is 7.12. The first-order valence-electron chi connectivity index (χ1n) is 4.77. The summed E-state index contributed by atoms with van der Waals surface area (Å²) in [6.07, 6.45) is 3.01. The first-order valence-corrected chi connectivity index (χ1v) is 5.58. The summed E-state index contributed by atoms with van der Waals surface area (Å²) in [5, 5.41) is 10.9. The van der Waals surface area contributed by atoms with Gasteiger partial charge in [-0.15, -0.1) is 11.3 Å². The van der Waals surface area contributed by atoms with Gasteiger partial charge in [0, 0.05) is 15.8 Å². The lowest BCUT2D eigenvalue weighted by molar-refractivity contribution is -0.140. The normalized spacial score (nSPS) is 12.6. The van der Waals surface area contributed by atoms with Gasteiger partial charge in [0.25, 0.3) is 0 Å². The standard InChI is InChI=1S/C11H13NO3S/c1-7-3-4-9(16-7)5-6-10(13)12-8(2)11(14)15/h3-6,8H,1-2H3,(H,12,13)(H,14,15)/b6-5+/t8-/m0/s1. The molecule has 16 heavy (non-hydrogen) atoms. The number of carbonyl (C=O) groups is 2. The molecule has 5 heteroatoms. The number of rotatable bonds is 4. The van der Waals surface area contributed by atoms with Crippen LogP contribution in [0.1, 0.15) is 16.7 Å². The number of hydrogen-bond donors (Lipinski definition) is 2. The Labute approximate surface area is 97.6 Å². The van der Waals surface area contributed by atoms with Crippen LogP contribution < -0.4 is 5.32 Å². The lowest BCUT2D eigenvalue weighted by atomic mass is 10.3. The molecule has 0 saturated carbocycles. The number of carboxylic acids is 1. The van der Waals surface area contributed by atoms with Crippen molar-refractivity contribution in [2.45, 2.75) is 19.9 Å². The maximum absolute atomic E-state index is 11.3. The third-order valence-corrected chi connectivity index (χ3v) is 2.86. The number of hydrogen-bond acceptors (Lipinski definition) is 3. The zero-order valence-corrected chi connectivity index (χ0v) is 9.88. The van der Waals surface area contributed by atoms with Crippen LogP contribution in [0.5, 0.6) is 0 Å². The monoisotopic (exact) mass is 239 g/mol. The molecule has 0 bridgehead atoms. The summed E-state index contributed by atoms with van der Waals surface area (Å²) in [4.78, 5) is 23.9. The molecule has 0 aliphatic rings. The van der Waals surface area contributed by atoms with Crippen molar-refractivity contribution >= 4 is 29.3 Å². The summed E-state index contributed by atoms with van der Waals surface area (Å²) < 4.78 is 0. The van der Waals surface area contributed by atoms with E-state index >= 15 is 0 Å². The van der Waals surface area contributed by atoms with Gasteiger partial charge in [-0.1, -0.05) is 0 Å². The summed E-state index contributed by atoms with van der Waals surface area (Å²) in [5.41, 5.74) is 0. The molecular weight excluding hydrogens is 226 g/mol. The van der Waals surface area contributed by atoms with Gasteiger partial charge < -0.3 is 10.4 Å². The summed E-state index contributed by atoms with van der Waals surface area (Å²) in [5.74, 6) is -1.45. The topological polar surface area (TPSA) is 66.4 Å². The third-order valence-electron chi connectivity index (χ3n) is 1.89. The Morgan fingerprint density at radius 3 is 2.69 bits per heavy atom. The smallest absolute Gasteiger partial charge is 0.325 e. The van der Waals surface area contributed by atoms with E-state index < -0.39 is 17.9 Å². The minimum absolute atomic E-state index is 0.402. The van der Waals surface area contributed by atoms with Crippen molar-refractivity contribution in [3.63, 3.8) is 0 Å². The van der Waals surface area contributed by atoms with Crippen molar-refractivity contribution in [1.29, 1.82) is 0 Å². The second-order valence-electron chi connectivity index (χ2n) is 3.35. The van der Waals surface area contributed by atoms with Crippen molar-refractivity contribution in [2.75, 3.05) is 0 Å². The summed E-state index contributed by atoms with van der Waals surface area (Å²) in [6.45, 7) is 3.40. The van der Waals surface area contributed by atoms with Crippen molar-refractivity contribution < 1.29 is 14.7 Å². The van der Waals surface area contributed by atoms with Crippen LogP contribution in [0.2, 0.25) is 0 Å². The predicted molar refractivity (Wildman–Crippen MR) is 63.3 cm³/mol. The highest BCUT2D eigenvalue weighted by Gasteiger charge is 2.11. The van der Waals surface area contributed by atoms with Gasteiger partial charge in [-0.3, -0.25) is 9.59 Å². The highest BCUT2D eigenvalue weighted by atomic mass is 32.1. The zero-order valence-electron chi connectivity index (χ0n) is 9.06. The van der Waals surface area contributed by atoms with Crippen molar-refractivity contribution in [3.05, 3.63) is 28.0 Å². The number of thiophene rings is 1. The van der Waals surface area contributed by atoms with Crippen molar-refractivity contribution in [3.8, 4) is 0 Å². The van der Waals surface area contributed by atoms with Crippen LogP contribution in [0.15, 0.2) is 18.2 Å². The van der Waals surface area contributed by atoms with Crippen LogP contribution in [0.4, 0.5) is 0 Å². The molecule has 1 aromatic heterocycles. The van der Waals surface area contributed by atoms with Crippen LogP contribution in [0.3, 0.4) is 0 Å². The second kappa shape index (κ2) is 5.46. The number of carboxylic acid groups (broad SMARTS) is 1. The SMILES string of the molecule is Cc1ccc(/C=C/C(=O)N[C@@H](C)C(=O)O)s1. The van der Waals surface area contributed by atoms with Crippen LogP contribution in [-0.2, 0) is 9.59 Å². The number of nitrogens with one attached hydrogen (secondary N) is 1. The van der Waals surface area contributed by atoms with E-state index in [1.807, 2.05) is 19.1 Å². The minimum Gasteiger partial charge on any atom is -0.480 e. The van der Waals surface area contributed by atoms with E-state index in [-0.39, 0.29) is 0 Å². The Bertz CT molecular complexity index is 423. The third kappa shape index (κ3) is 3.86. The minimum atomic E-state index is -1.05. The summed E-state index contributed by atoms with van der Waals surface area (Å²) in [6, 6.07) is 2.99. The Kier molecular flexibility index (Phi) is 4.25. The molecule has 0 unspecified atom stereocenters. The van der Waals surface area contributed by atoms with E-state index in [9.17, 15) is 9.59 Å². The molecule has 86 valence electrons. The molecule has 0 saturated heterocycles. The number of carbonyl (C=O) groups excluding carboxylic acids is 1. The maximum Gasteiger partial charge on any atom is 0.325 e. The molecule has 0 spiro atoms. The number of aryl methyl sites for hydroxylation is 1. The lowest BCUT2D eigenvalue weighted by Crippen LogP contribution is -2.37. The van der Waals surface area contributed by atoms with Gasteiger partial charge in [0.1, 0.15) is 6.04 Å². The van der Waals surface area contributed by atoms with Crippen LogP contribution in [-0.4, -0.2) is 23.0 Å². The fourth-order valence-corrected chi connectivity index (χ4v) is 1.80. The van der Waals surface area contributed by atoms with E-state index in [2.05, 4.69) is 5.32 Å². The molecule has 2 N–H and O–H groups in total. The van der Waals surface area contributed by atoms with Gasteiger partial charge in [-0.25, -0.2) is 0 Å². The molecule has 0 aromatic carbocycles. The molecule has 1 aromatic rings. The van der Waals surface area contributed by atoms with Crippen LogP contribution >= 0.6 is 11.3 Å². The van der Waals surface area contributed by atoms with Gasteiger partial charge in [0.15, 0.2) is 0 Å². The van der Waals surface area contributed by atoms with Crippen molar-refractivity contribution in [2.24, 2.45) is 0 Å². The van der Waals surface area contributed by atoms with E-state index in [1.165, 1.54) is 17.9 Å². The molecule has 0 radical (unpaired) electrons. The van der Waals surface area contributed by atoms with E-state index in [1.54, 1.807) is 17.4 Å². The Morgan fingerprint density at radius 1 is 1.50 bits per heavy atom. The Hall–Kier alpha value is -1.62. The molecule has 1 rings (SSSR count). The average Bonchev–Trinajstić information content (AvgIpc) is 2.61. The molecule has 0 aliphatic carbocycles. The lowest BCUT2D eigenvalue weighted by Gasteiger charge is -2.05. The van der Waals surface area contributed by atoms with Crippen LogP contribution in [0, 0.1) is 6.92 Å². The predicted octanol–water partition coefficient (Wildman–Crippen LogP) is 1.66. The van der Waals surface area contributed by atoms with Gasteiger partial charge in [-0.2, -0.15) is 0 Å². The molecule has 1 heterocycles. The zero-order chi connectivity index (χ0) is 12.1. The van der Waals surface area contributed by atoms with Gasteiger partial charge >= 0.3 is 5.97 Å². The Morgan fingerprint density at radius 2 is 2.19 bits per heavy atom. The highest BCUT2D eigenvalue weighted by Crippen LogP contribution is 2.16. The van der Waals surface area contributed by atoms with Gasteiger partial charge in [0.05, 0.1) is 0 Å². The van der Waals surface area contributed by atoms with E-state index in [0.29, 0.717) is 0 Å². The Balaban J connectivity index is 2.51. The largest absolute Gasteiger partial charge is 0.480 e. The first kappa shape index (κ1) is 12.4. The molecule has 0 aliphatic heterocycles. The molecule has 0 fully saturated rings. The fourth-order valence-electron chi connectivity index (χ4n) is 1.02. The van der Waals surface area contributed by atoms with E-state index in [0.717, 1.165) is 4.88 Å². The van der Waals surface area contributed by atoms with Gasteiger partial charge in [0.2, 0.25) is 5.91 Å². The molecule has 1 atom stereocenters. The number of aliphatic carboxylic acids is 1. The summed E-state index contributed by atoms with van der Waals surface area (Å²) in [7, 11) is 0.